The van der Waals surface area contributed by atoms with Gasteiger partial charge in [0.2, 0.25) is 5.91 Å². The molecule has 2 aromatic heterocycles. The Kier molecular flexibility index (Phi) is 6.56. The maximum absolute atomic E-state index is 13.4. The van der Waals surface area contributed by atoms with Gasteiger partial charge in [-0.05, 0) is 30.4 Å². The molecule has 0 spiro atoms. The first kappa shape index (κ1) is 23.1. The monoisotopic (exact) mass is 477 g/mol. The van der Waals surface area contributed by atoms with Crippen LogP contribution >= 0.6 is 11.3 Å². The van der Waals surface area contributed by atoms with E-state index in [4.69, 9.17) is 4.74 Å². The van der Waals surface area contributed by atoms with Crippen LogP contribution in [0, 0.1) is 0 Å². The number of fused-ring (bicyclic) bond motifs is 5. The highest BCUT2D eigenvalue weighted by Crippen LogP contribution is 2.36. The van der Waals surface area contributed by atoms with E-state index in [1.807, 2.05) is 11.4 Å². The fourth-order valence-corrected chi connectivity index (χ4v) is 4.95. The average molecular weight is 478 g/mol. The highest BCUT2D eigenvalue weighted by atomic mass is 32.1. The van der Waals surface area contributed by atoms with Gasteiger partial charge in [-0.15, -0.1) is 11.3 Å². The van der Waals surface area contributed by atoms with Gasteiger partial charge in [0.25, 0.3) is 5.91 Å². The van der Waals surface area contributed by atoms with Crippen molar-refractivity contribution >= 4 is 29.2 Å². The molecule has 2 aromatic rings. The van der Waals surface area contributed by atoms with Crippen molar-refractivity contribution in [2.45, 2.75) is 31.0 Å². The number of carbonyl (C=O) groups is 3. The number of aliphatic hydroxyl groups is 1. The summed E-state index contributed by atoms with van der Waals surface area (Å²) in [5, 5.41) is 19.2. The summed E-state index contributed by atoms with van der Waals surface area (Å²) in [5.41, 5.74) is 1.02. The minimum Gasteiger partial charge on any atom is -0.490 e. The molecule has 33 heavy (non-hydrogen) atoms. The Morgan fingerprint density at radius 2 is 2.15 bits per heavy atom. The van der Waals surface area contributed by atoms with E-state index in [9.17, 15) is 19.5 Å². The topological polar surface area (TPSA) is 126 Å². The molecule has 11 nitrogen and oxygen atoms in total. The molecule has 178 valence electrons. The fourth-order valence-electron chi connectivity index (χ4n) is 4.16. The summed E-state index contributed by atoms with van der Waals surface area (Å²) >= 11 is 1.45. The summed E-state index contributed by atoms with van der Waals surface area (Å²) in [6, 6.07) is 2.24. The molecule has 1 saturated heterocycles. The van der Waals surface area contributed by atoms with E-state index < -0.39 is 18.2 Å². The summed E-state index contributed by atoms with van der Waals surface area (Å²) in [6.07, 6.45) is -0.895. The van der Waals surface area contributed by atoms with E-state index in [0.29, 0.717) is 23.6 Å². The van der Waals surface area contributed by atoms with Crippen LogP contribution in [0.25, 0.3) is 10.6 Å². The Morgan fingerprint density at radius 3 is 2.91 bits per heavy atom. The second kappa shape index (κ2) is 9.40. The van der Waals surface area contributed by atoms with Crippen molar-refractivity contribution < 1.29 is 29.0 Å². The number of alkyl carbamates (subject to hydrolysis) is 1. The average Bonchev–Trinajstić information content (AvgIpc) is 3.50. The number of nitrogens with one attached hydrogen (secondary N) is 1. The summed E-state index contributed by atoms with van der Waals surface area (Å²) in [6.45, 7) is 0.526. The number of aromatic nitrogens is 2. The molecular weight excluding hydrogens is 450 g/mol. The smallest absolute Gasteiger partial charge is 0.407 e. The van der Waals surface area contributed by atoms with Crippen molar-refractivity contribution in [1.82, 2.24) is 24.9 Å². The maximum Gasteiger partial charge on any atom is 0.407 e. The van der Waals surface area contributed by atoms with Gasteiger partial charge in [0.1, 0.15) is 29.8 Å². The van der Waals surface area contributed by atoms with Crippen molar-refractivity contribution in [2.24, 2.45) is 7.05 Å². The van der Waals surface area contributed by atoms with Gasteiger partial charge < -0.3 is 29.7 Å². The van der Waals surface area contributed by atoms with Gasteiger partial charge in [0, 0.05) is 27.2 Å². The zero-order valence-corrected chi connectivity index (χ0v) is 19.5. The first-order chi connectivity index (χ1) is 15.8. The predicted molar refractivity (Wildman–Crippen MR) is 119 cm³/mol. The van der Waals surface area contributed by atoms with Gasteiger partial charge in [-0.1, -0.05) is 0 Å². The molecule has 3 atom stereocenters. The first-order valence-corrected chi connectivity index (χ1v) is 11.5. The van der Waals surface area contributed by atoms with Gasteiger partial charge >= 0.3 is 6.09 Å². The van der Waals surface area contributed by atoms with Crippen LogP contribution in [0.1, 0.15) is 23.3 Å². The molecule has 2 aliphatic rings. The molecule has 0 unspecified atom stereocenters. The van der Waals surface area contributed by atoms with Gasteiger partial charge in [0.15, 0.2) is 0 Å². The lowest BCUT2D eigenvalue weighted by Gasteiger charge is -2.29. The van der Waals surface area contributed by atoms with E-state index in [0.717, 1.165) is 4.88 Å². The molecule has 3 amide bonds. The molecule has 2 aliphatic heterocycles. The van der Waals surface area contributed by atoms with E-state index in [-0.39, 0.29) is 44.0 Å². The van der Waals surface area contributed by atoms with E-state index in [1.54, 1.807) is 20.2 Å². The minimum absolute atomic E-state index is 0.140. The van der Waals surface area contributed by atoms with E-state index in [1.165, 1.54) is 32.9 Å². The number of aryl methyl sites for hydroxylation is 1. The number of hydrogen-bond donors (Lipinski definition) is 2. The number of thiophene rings is 1. The zero-order chi connectivity index (χ0) is 23.7. The normalized spacial score (nSPS) is 23.8. The van der Waals surface area contributed by atoms with Crippen molar-refractivity contribution in [1.29, 1.82) is 0 Å². The molecule has 12 heteroatoms. The molecule has 0 radical (unpaired) electrons. The number of methoxy groups -OCH3 is 1. The van der Waals surface area contributed by atoms with Crippen LogP contribution in [-0.2, 0) is 16.6 Å². The fraction of sp³-hybridized carbons (Fsp3) is 0.524. The molecule has 0 aromatic carbocycles. The molecule has 4 heterocycles. The van der Waals surface area contributed by atoms with Crippen LogP contribution in [0.5, 0.6) is 5.75 Å². The van der Waals surface area contributed by atoms with Crippen molar-refractivity contribution in [2.75, 3.05) is 33.9 Å². The number of hydrogen-bond acceptors (Lipinski definition) is 8. The zero-order valence-electron chi connectivity index (χ0n) is 18.7. The molecule has 1 fully saturated rings. The van der Waals surface area contributed by atoms with E-state index >= 15 is 0 Å². The minimum atomic E-state index is -0.926. The molecule has 0 aliphatic carbocycles. The number of rotatable bonds is 1. The highest BCUT2D eigenvalue weighted by molar-refractivity contribution is 7.14. The van der Waals surface area contributed by atoms with Crippen molar-refractivity contribution in [3.05, 3.63) is 23.2 Å². The lowest BCUT2D eigenvalue weighted by atomic mass is 10.1. The lowest BCUT2D eigenvalue weighted by Crippen LogP contribution is -2.52. The number of carbonyl (C=O) groups excluding carboxylic acids is 3. The van der Waals surface area contributed by atoms with Crippen LogP contribution in [0.2, 0.25) is 0 Å². The number of amides is 3. The Labute approximate surface area is 194 Å². The van der Waals surface area contributed by atoms with Crippen LogP contribution < -0.4 is 10.1 Å². The molecule has 2 N–H and O–H groups in total. The van der Waals surface area contributed by atoms with Crippen molar-refractivity contribution in [3.63, 3.8) is 0 Å². The lowest BCUT2D eigenvalue weighted by molar-refractivity contribution is -0.135. The molecule has 2 bridgehead atoms. The van der Waals surface area contributed by atoms with Gasteiger partial charge in [-0.2, -0.15) is 5.10 Å². The summed E-state index contributed by atoms with van der Waals surface area (Å²) in [4.78, 5) is 42.2. The third-order valence-corrected chi connectivity index (χ3v) is 6.86. The van der Waals surface area contributed by atoms with E-state index in [2.05, 4.69) is 15.2 Å². The second-order valence-electron chi connectivity index (χ2n) is 8.20. The number of aliphatic hydroxyl groups excluding tert-OH is 1. The Balaban J connectivity index is 1.70. The Hall–Kier alpha value is -3.12. The van der Waals surface area contributed by atoms with Crippen LogP contribution in [-0.4, -0.2) is 94.6 Å². The summed E-state index contributed by atoms with van der Waals surface area (Å²) in [7, 11) is 4.55. The second-order valence-corrected chi connectivity index (χ2v) is 9.12. The standard InChI is InChI=1S/C21H27N5O6S/c1-24-6-4-14(22-21(30)31-3)19(28)26-10-13(27)8-12(26)11-32-17-5-7-33-18(17)15-9-16(20(24)29)25(2)23-15/h5,7,9,12-14,27H,4,6,8,10-11H2,1-3H3,(H,22,30)/t12-,13-,14-/m0/s1. The van der Waals surface area contributed by atoms with Crippen LogP contribution in [0.15, 0.2) is 17.5 Å². The molecular formula is C21H27N5O6S. The Morgan fingerprint density at radius 1 is 1.36 bits per heavy atom. The predicted octanol–water partition coefficient (Wildman–Crippen LogP) is 0.689. The summed E-state index contributed by atoms with van der Waals surface area (Å²) in [5.74, 6) is -0.0173. The Bertz CT molecular complexity index is 1050. The van der Waals surface area contributed by atoms with Gasteiger partial charge in [-0.25, -0.2) is 4.79 Å². The highest BCUT2D eigenvalue weighted by Gasteiger charge is 2.39. The third kappa shape index (κ3) is 4.67. The number of ether oxygens (including phenoxy) is 2. The number of nitrogens with zero attached hydrogens (tertiary/aromatic N) is 4. The largest absolute Gasteiger partial charge is 0.490 e. The summed E-state index contributed by atoms with van der Waals surface area (Å²) < 4.78 is 12.3. The first-order valence-electron chi connectivity index (χ1n) is 10.6. The third-order valence-electron chi connectivity index (χ3n) is 5.94. The van der Waals surface area contributed by atoms with Crippen LogP contribution in [0.4, 0.5) is 4.79 Å². The van der Waals surface area contributed by atoms with Crippen LogP contribution in [0.3, 0.4) is 0 Å². The van der Waals surface area contributed by atoms with Crippen molar-refractivity contribution in [3.8, 4) is 16.3 Å². The molecule has 0 saturated carbocycles. The quantitative estimate of drug-likeness (QED) is 0.619. The van der Waals surface area contributed by atoms with Gasteiger partial charge in [-0.3, -0.25) is 14.3 Å². The molecule has 4 rings (SSSR count). The maximum atomic E-state index is 13.4. The van der Waals surface area contributed by atoms with Gasteiger partial charge in [0.05, 0.1) is 24.1 Å². The SMILES string of the molecule is COC(=O)N[C@H]1CCN(C)C(=O)c2cc(nn2C)-c2sccc2OC[C@@H]2C[C@H](O)CN2C1=O.